The molecule has 0 aliphatic rings. The number of rotatable bonds is 4. The lowest BCUT2D eigenvalue weighted by molar-refractivity contribution is 1.03. The normalized spacial score (nSPS) is 15.2. The van der Waals surface area contributed by atoms with Crippen molar-refractivity contribution in [1.29, 1.82) is 0 Å². The van der Waals surface area contributed by atoms with Crippen molar-refractivity contribution in [2.75, 3.05) is 0 Å². The second kappa shape index (κ2) is 6.13. The molecule has 1 heteroatoms. The van der Waals surface area contributed by atoms with E-state index in [1.165, 1.54) is 11.1 Å². The highest BCUT2D eigenvalue weighted by Crippen LogP contribution is 2.20. The summed E-state index contributed by atoms with van der Waals surface area (Å²) in [5, 5.41) is 0.191. The van der Waals surface area contributed by atoms with E-state index in [2.05, 4.69) is 38.3 Å². The molecule has 0 radical (unpaired) electrons. The van der Waals surface area contributed by atoms with Gasteiger partial charge in [-0.3, -0.25) is 0 Å². The van der Waals surface area contributed by atoms with Crippen molar-refractivity contribution in [2.24, 2.45) is 0 Å². The summed E-state index contributed by atoms with van der Waals surface area (Å²) in [7, 11) is 0. The Morgan fingerprint density at radius 3 is 2.42 bits per heavy atom. The Morgan fingerprint density at radius 2 is 2.08 bits per heavy atom. The van der Waals surface area contributed by atoms with E-state index in [1.54, 1.807) is 0 Å². The molecule has 1 atom stereocenters. The lowest BCUT2D eigenvalue weighted by atomic mass is 10.0. The van der Waals surface area contributed by atoms with Crippen LogP contribution in [0.4, 0.5) is 0 Å². The molecule has 0 aromatic carbocycles. The summed E-state index contributed by atoms with van der Waals surface area (Å²) in [6.45, 7) is 10.1. The second-order valence-corrected chi connectivity index (χ2v) is 3.22. The summed E-state index contributed by atoms with van der Waals surface area (Å²) in [4.78, 5) is 0. The average molecular weight is 182 g/mol. The predicted octanol–water partition coefficient (Wildman–Crippen LogP) is 3.77. The maximum atomic E-state index is 4.50. The molecule has 0 aliphatic heterocycles. The Labute approximate surface area is 81.5 Å². The first-order valence-electron chi connectivity index (χ1n) is 4.32. The minimum absolute atomic E-state index is 0.191. The van der Waals surface area contributed by atoms with E-state index in [9.17, 15) is 0 Å². The lowest BCUT2D eigenvalue weighted by Gasteiger charge is -2.13. The fraction of sp³-hybridized carbons (Fsp3) is 0.455. The topological polar surface area (TPSA) is 0 Å². The van der Waals surface area contributed by atoms with Crippen LogP contribution in [0.2, 0.25) is 0 Å². The van der Waals surface area contributed by atoms with Crippen LogP contribution in [0, 0.1) is 0 Å². The van der Waals surface area contributed by atoms with Crippen LogP contribution in [-0.4, -0.2) is 5.25 Å². The molecule has 0 aromatic rings. The van der Waals surface area contributed by atoms with Gasteiger partial charge in [0.1, 0.15) is 0 Å². The predicted molar refractivity (Wildman–Crippen MR) is 60.8 cm³/mol. The van der Waals surface area contributed by atoms with E-state index in [0.717, 1.165) is 6.42 Å². The van der Waals surface area contributed by atoms with E-state index in [0.29, 0.717) is 0 Å². The van der Waals surface area contributed by atoms with E-state index in [4.69, 9.17) is 0 Å². The van der Waals surface area contributed by atoms with Crippen LogP contribution in [0.15, 0.2) is 36.0 Å². The largest absolute Gasteiger partial charge is 0.167 e. The number of allylic oxidation sites excluding steroid dienone is 3. The van der Waals surface area contributed by atoms with Crippen LogP contribution in [0.5, 0.6) is 0 Å². The summed E-state index contributed by atoms with van der Waals surface area (Å²) < 4.78 is 0. The molecular formula is C11H18S. The fourth-order valence-corrected chi connectivity index (χ4v) is 1.38. The third-order valence-corrected chi connectivity index (χ3v) is 2.51. The summed E-state index contributed by atoms with van der Waals surface area (Å²) in [6, 6.07) is 0. The molecule has 0 saturated carbocycles. The molecule has 0 heterocycles. The highest BCUT2D eigenvalue weighted by atomic mass is 32.1. The smallest absolute Gasteiger partial charge is 0.0470 e. The van der Waals surface area contributed by atoms with Gasteiger partial charge < -0.3 is 0 Å². The zero-order valence-corrected chi connectivity index (χ0v) is 9.07. The minimum atomic E-state index is 0.191. The Balaban J connectivity index is 4.43. The monoisotopic (exact) mass is 182 g/mol. The first-order chi connectivity index (χ1) is 5.67. The number of hydrogen-bond acceptors (Lipinski definition) is 1. The standard InChI is InChI=1S/C11H18S/c1-5-8-10(7-3)11(12)9(4)6-2/h5,7-8,11-12H,4,6H2,1-3H3/b8-5?,10-7+. The van der Waals surface area contributed by atoms with Crippen molar-refractivity contribution < 1.29 is 0 Å². The molecule has 0 aromatic heterocycles. The molecule has 0 bridgehead atoms. The summed E-state index contributed by atoms with van der Waals surface area (Å²) >= 11 is 4.50. The van der Waals surface area contributed by atoms with Gasteiger partial charge in [0.2, 0.25) is 0 Å². The van der Waals surface area contributed by atoms with Crippen molar-refractivity contribution in [2.45, 2.75) is 32.4 Å². The molecule has 68 valence electrons. The van der Waals surface area contributed by atoms with E-state index >= 15 is 0 Å². The van der Waals surface area contributed by atoms with Crippen LogP contribution >= 0.6 is 12.6 Å². The molecule has 0 nitrogen and oxygen atoms in total. The average Bonchev–Trinajstić information content (AvgIpc) is 2.11. The van der Waals surface area contributed by atoms with Gasteiger partial charge in [0.25, 0.3) is 0 Å². The number of thiol groups is 1. The SMILES string of the molecule is C=C(CC)C(S)/C(C=CC)=C/C. The fourth-order valence-electron chi connectivity index (χ4n) is 0.967. The highest BCUT2D eigenvalue weighted by molar-refractivity contribution is 7.81. The molecular weight excluding hydrogens is 164 g/mol. The van der Waals surface area contributed by atoms with Gasteiger partial charge in [-0.2, -0.15) is 12.6 Å². The first-order valence-corrected chi connectivity index (χ1v) is 4.83. The van der Waals surface area contributed by atoms with Gasteiger partial charge in [-0.15, -0.1) is 0 Å². The van der Waals surface area contributed by atoms with E-state index in [1.807, 2.05) is 19.9 Å². The van der Waals surface area contributed by atoms with Crippen molar-refractivity contribution in [1.82, 2.24) is 0 Å². The van der Waals surface area contributed by atoms with Crippen LogP contribution in [0.1, 0.15) is 27.2 Å². The Hall–Kier alpha value is -0.430. The quantitative estimate of drug-likeness (QED) is 0.382. The van der Waals surface area contributed by atoms with Crippen molar-refractivity contribution in [3.05, 3.63) is 36.0 Å². The van der Waals surface area contributed by atoms with Crippen LogP contribution in [0.25, 0.3) is 0 Å². The van der Waals surface area contributed by atoms with Gasteiger partial charge in [0, 0.05) is 5.25 Å². The molecule has 0 amide bonds. The van der Waals surface area contributed by atoms with Crippen molar-refractivity contribution in [3.8, 4) is 0 Å². The first kappa shape index (κ1) is 11.6. The Morgan fingerprint density at radius 1 is 1.50 bits per heavy atom. The number of hydrogen-bond donors (Lipinski definition) is 1. The summed E-state index contributed by atoms with van der Waals surface area (Å²) in [5.74, 6) is 0. The van der Waals surface area contributed by atoms with Crippen molar-refractivity contribution >= 4 is 12.6 Å². The van der Waals surface area contributed by atoms with Gasteiger partial charge in [0.05, 0.1) is 0 Å². The summed E-state index contributed by atoms with van der Waals surface area (Å²) in [5.41, 5.74) is 2.40. The van der Waals surface area contributed by atoms with E-state index < -0.39 is 0 Å². The van der Waals surface area contributed by atoms with Gasteiger partial charge in [0.15, 0.2) is 0 Å². The zero-order valence-electron chi connectivity index (χ0n) is 8.17. The Kier molecular flexibility index (Phi) is 5.91. The third kappa shape index (κ3) is 3.31. The molecule has 0 spiro atoms. The van der Waals surface area contributed by atoms with Gasteiger partial charge in [-0.1, -0.05) is 37.3 Å². The van der Waals surface area contributed by atoms with Gasteiger partial charge in [-0.05, 0) is 25.8 Å². The molecule has 1 unspecified atom stereocenters. The molecule has 0 fully saturated rings. The molecule has 0 aliphatic carbocycles. The van der Waals surface area contributed by atoms with Gasteiger partial charge >= 0.3 is 0 Å². The molecule has 0 saturated heterocycles. The minimum Gasteiger partial charge on any atom is -0.167 e. The van der Waals surface area contributed by atoms with Crippen LogP contribution in [0.3, 0.4) is 0 Å². The van der Waals surface area contributed by atoms with E-state index in [-0.39, 0.29) is 5.25 Å². The maximum absolute atomic E-state index is 4.50. The molecule has 0 rings (SSSR count). The second-order valence-electron chi connectivity index (χ2n) is 2.70. The van der Waals surface area contributed by atoms with Crippen LogP contribution < -0.4 is 0 Å². The highest BCUT2D eigenvalue weighted by Gasteiger charge is 2.07. The van der Waals surface area contributed by atoms with Crippen molar-refractivity contribution in [3.63, 3.8) is 0 Å². The maximum Gasteiger partial charge on any atom is 0.0470 e. The lowest BCUT2D eigenvalue weighted by Crippen LogP contribution is -2.03. The third-order valence-electron chi connectivity index (χ3n) is 1.85. The van der Waals surface area contributed by atoms with Crippen LogP contribution in [-0.2, 0) is 0 Å². The zero-order chi connectivity index (χ0) is 9.56. The summed E-state index contributed by atoms with van der Waals surface area (Å²) in [6.07, 6.45) is 7.18. The Bertz CT molecular complexity index is 199. The molecule has 0 N–H and O–H groups in total. The molecule has 12 heavy (non-hydrogen) atoms. The van der Waals surface area contributed by atoms with Gasteiger partial charge in [-0.25, -0.2) is 0 Å².